The number of benzene rings is 2. The van der Waals surface area contributed by atoms with E-state index in [4.69, 9.17) is 51.2 Å². The van der Waals surface area contributed by atoms with Crippen LogP contribution in [0.3, 0.4) is 0 Å². The maximum Gasteiger partial charge on any atom is 0.254 e. The lowest BCUT2D eigenvalue weighted by Crippen LogP contribution is -2.34. The van der Waals surface area contributed by atoms with Crippen molar-refractivity contribution in [3.63, 3.8) is 0 Å². The van der Waals surface area contributed by atoms with Gasteiger partial charge in [-0.2, -0.15) is 0 Å². The van der Waals surface area contributed by atoms with E-state index in [2.05, 4.69) is 12.1 Å². The molecule has 0 aliphatic rings. The molecule has 156 valence electrons. The second-order valence-corrected chi connectivity index (χ2v) is 8.29. The molecule has 29 heavy (non-hydrogen) atoms. The van der Waals surface area contributed by atoms with Gasteiger partial charge in [-0.3, -0.25) is 4.79 Å². The van der Waals surface area contributed by atoms with Gasteiger partial charge in [0.25, 0.3) is 5.91 Å². The fourth-order valence-electron chi connectivity index (χ4n) is 3.08. The van der Waals surface area contributed by atoms with Gasteiger partial charge >= 0.3 is 0 Å². The molecule has 0 N–H and O–H groups in total. The standard InChI is InChI=1S/C21H22Cl4N2O2/c1-4-5-17(13-6-7-18(24)19(25)10-13)20(26-29-3)12-27(2)21(28)14-8-15(22)11-16(23)9-14/h6-11,17H,4-5,12H2,1-3H3/b26-20+. The Labute approximate surface area is 191 Å². The third-order valence-corrected chi connectivity index (χ3v) is 5.56. The van der Waals surface area contributed by atoms with Crippen LogP contribution in [-0.2, 0) is 4.84 Å². The Morgan fingerprint density at radius 2 is 1.72 bits per heavy atom. The zero-order valence-corrected chi connectivity index (χ0v) is 19.4. The van der Waals surface area contributed by atoms with Crippen LogP contribution in [-0.4, -0.2) is 37.2 Å². The average Bonchev–Trinajstić information content (AvgIpc) is 2.66. The zero-order valence-electron chi connectivity index (χ0n) is 16.4. The first-order valence-electron chi connectivity index (χ1n) is 9.03. The first-order chi connectivity index (χ1) is 13.8. The normalized spacial score (nSPS) is 12.6. The summed E-state index contributed by atoms with van der Waals surface area (Å²) in [6.45, 7) is 2.35. The molecule has 0 heterocycles. The number of hydrogen-bond donors (Lipinski definition) is 0. The summed E-state index contributed by atoms with van der Waals surface area (Å²) >= 11 is 24.3. The van der Waals surface area contributed by atoms with E-state index in [0.29, 0.717) is 31.4 Å². The number of halogens is 4. The molecular formula is C21H22Cl4N2O2. The van der Waals surface area contributed by atoms with Crippen molar-refractivity contribution in [3.05, 3.63) is 67.6 Å². The van der Waals surface area contributed by atoms with Gasteiger partial charge in [0.05, 0.1) is 22.3 Å². The van der Waals surface area contributed by atoms with Crippen molar-refractivity contribution in [1.29, 1.82) is 0 Å². The van der Waals surface area contributed by atoms with Crippen LogP contribution in [0.5, 0.6) is 0 Å². The third-order valence-electron chi connectivity index (χ3n) is 4.39. The van der Waals surface area contributed by atoms with E-state index in [-0.39, 0.29) is 18.4 Å². The predicted molar refractivity (Wildman–Crippen MR) is 122 cm³/mol. The minimum Gasteiger partial charge on any atom is -0.399 e. The number of amides is 1. The van der Waals surface area contributed by atoms with Gasteiger partial charge in [-0.25, -0.2) is 0 Å². The van der Waals surface area contributed by atoms with Crippen molar-refractivity contribution < 1.29 is 9.63 Å². The molecule has 0 radical (unpaired) electrons. The Hall–Kier alpha value is -1.46. The smallest absolute Gasteiger partial charge is 0.254 e. The van der Waals surface area contributed by atoms with Crippen LogP contribution in [0.2, 0.25) is 20.1 Å². The quantitative estimate of drug-likeness (QED) is 0.306. The molecule has 0 aromatic heterocycles. The number of carbonyl (C=O) groups excluding carboxylic acids is 1. The average molecular weight is 476 g/mol. The Bertz CT molecular complexity index is 882. The van der Waals surface area contributed by atoms with E-state index in [1.807, 2.05) is 12.1 Å². The predicted octanol–water partition coefficient (Wildman–Crippen LogP) is 6.96. The highest BCUT2D eigenvalue weighted by Crippen LogP contribution is 2.30. The SMILES string of the molecule is CCCC(/C(CN(C)C(=O)c1cc(Cl)cc(Cl)c1)=N/OC)c1ccc(Cl)c(Cl)c1. The van der Waals surface area contributed by atoms with Crippen molar-refractivity contribution in [1.82, 2.24) is 4.90 Å². The highest BCUT2D eigenvalue weighted by Gasteiger charge is 2.23. The van der Waals surface area contributed by atoms with Crippen LogP contribution in [0.25, 0.3) is 0 Å². The minimum absolute atomic E-state index is 0.0760. The summed E-state index contributed by atoms with van der Waals surface area (Å²) < 4.78 is 0. The molecule has 0 aliphatic heterocycles. The highest BCUT2D eigenvalue weighted by atomic mass is 35.5. The van der Waals surface area contributed by atoms with E-state index in [9.17, 15) is 4.79 Å². The van der Waals surface area contributed by atoms with Crippen LogP contribution in [0.1, 0.15) is 41.6 Å². The summed E-state index contributed by atoms with van der Waals surface area (Å²) in [5.74, 6) is -0.296. The van der Waals surface area contributed by atoms with Gasteiger partial charge in [-0.05, 0) is 42.3 Å². The summed E-state index contributed by atoms with van der Waals surface area (Å²) in [6, 6.07) is 10.3. The summed E-state index contributed by atoms with van der Waals surface area (Å²) in [4.78, 5) is 19.5. The van der Waals surface area contributed by atoms with Crippen molar-refractivity contribution in [2.75, 3.05) is 20.7 Å². The maximum atomic E-state index is 12.9. The maximum absolute atomic E-state index is 12.9. The summed E-state index contributed by atoms with van der Waals surface area (Å²) in [6.07, 6.45) is 1.72. The van der Waals surface area contributed by atoms with Crippen LogP contribution in [0.4, 0.5) is 0 Å². The zero-order chi connectivity index (χ0) is 21.6. The minimum atomic E-state index is -0.220. The van der Waals surface area contributed by atoms with Crippen molar-refractivity contribution in [2.45, 2.75) is 25.7 Å². The highest BCUT2D eigenvalue weighted by molar-refractivity contribution is 6.42. The molecule has 2 aromatic rings. The number of carbonyl (C=O) groups is 1. The topological polar surface area (TPSA) is 41.9 Å². The summed E-state index contributed by atoms with van der Waals surface area (Å²) in [5, 5.41) is 5.98. The lowest BCUT2D eigenvalue weighted by atomic mass is 9.89. The van der Waals surface area contributed by atoms with Crippen LogP contribution in [0.15, 0.2) is 41.6 Å². The lowest BCUT2D eigenvalue weighted by molar-refractivity contribution is 0.0812. The molecule has 8 heteroatoms. The monoisotopic (exact) mass is 474 g/mol. The van der Waals surface area contributed by atoms with Gasteiger partial charge in [-0.1, -0.05) is 71.0 Å². The third kappa shape index (κ3) is 6.51. The fraction of sp³-hybridized carbons (Fsp3) is 0.333. The molecule has 0 saturated heterocycles. The summed E-state index contributed by atoms with van der Waals surface area (Å²) in [7, 11) is 3.18. The second kappa shape index (κ2) is 11.1. The van der Waals surface area contributed by atoms with Crippen LogP contribution >= 0.6 is 46.4 Å². The van der Waals surface area contributed by atoms with Gasteiger partial charge in [0.15, 0.2) is 0 Å². The van der Waals surface area contributed by atoms with Gasteiger partial charge < -0.3 is 9.74 Å². The van der Waals surface area contributed by atoms with E-state index >= 15 is 0 Å². The Morgan fingerprint density at radius 1 is 1.07 bits per heavy atom. The van der Waals surface area contributed by atoms with Crippen LogP contribution < -0.4 is 0 Å². The molecule has 1 atom stereocenters. The molecule has 2 rings (SSSR count). The van der Waals surface area contributed by atoms with Gasteiger partial charge in [-0.15, -0.1) is 0 Å². The lowest BCUT2D eigenvalue weighted by Gasteiger charge is -2.24. The van der Waals surface area contributed by atoms with E-state index in [0.717, 1.165) is 18.4 Å². The molecule has 0 fully saturated rings. The van der Waals surface area contributed by atoms with Crippen molar-refractivity contribution in [3.8, 4) is 0 Å². The number of rotatable bonds is 8. The largest absolute Gasteiger partial charge is 0.399 e. The van der Waals surface area contributed by atoms with Gasteiger partial charge in [0.1, 0.15) is 7.11 Å². The second-order valence-electron chi connectivity index (χ2n) is 6.60. The first-order valence-corrected chi connectivity index (χ1v) is 10.5. The fourth-order valence-corrected chi connectivity index (χ4v) is 3.91. The number of nitrogens with zero attached hydrogens (tertiary/aromatic N) is 2. The van der Waals surface area contributed by atoms with E-state index in [1.165, 1.54) is 7.11 Å². The molecular weight excluding hydrogens is 454 g/mol. The molecule has 0 spiro atoms. The summed E-state index contributed by atoms with van der Waals surface area (Å²) in [5.41, 5.74) is 2.07. The molecule has 0 aliphatic carbocycles. The van der Waals surface area contributed by atoms with E-state index in [1.54, 1.807) is 36.2 Å². The molecule has 1 unspecified atom stereocenters. The van der Waals surface area contributed by atoms with Crippen molar-refractivity contribution >= 4 is 58.0 Å². The molecule has 0 bridgehead atoms. The molecule has 2 aromatic carbocycles. The Morgan fingerprint density at radius 3 is 2.28 bits per heavy atom. The Balaban J connectivity index is 2.31. The van der Waals surface area contributed by atoms with Crippen molar-refractivity contribution in [2.24, 2.45) is 5.16 Å². The number of oxime groups is 1. The van der Waals surface area contributed by atoms with Crippen LogP contribution in [0, 0.1) is 0 Å². The number of hydrogen-bond acceptors (Lipinski definition) is 3. The van der Waals surface area contributed by atoms with E-state index < -0.39 is 0 Å². The molecule has 1 amide bonds. The van der Waals surface area contributed by atoms with Gasteiger partial charge in [0.2, 0.25) is 0 Å². The van der Waals surface area contributed by atoms with Gasteiger partial charge in [0, 0.05) is 28.6 Å². The molecule has 0 saturated carbocycles. The Kier molecular flexibility index (Phi) is 9.09. The molecule has 4 nitrogen and oxygen atoms in total. The first kappa shape index (κ1) is 23.8.